The average Bonchev–Trinajstić information content (AvgIpc) is 2.79. The molecule has 0 aromatic heterocycles. The molecule has 0 spiro atoms. The van der Waals surface area contributed by atoms with Gasteiger partial charge in [0.15, 0.2) is 0 Å². The van der Waals surface area contributed by atoms with Crippen molar-refractivity contribution in [1.29, 1.82) is 0 Å². The summed E-state index contributed by atoms with van der Waals surface area (Å²) in [5, 5.41) is 0. The molecule has 0 bridgehead atoms. The van der Waals surface area contributed by atoms with Crippen molar-refractivity contribution < 1.29 is 19.1 Å². The number of carbonyl (C=O) groups excluding carboxylic acids is 2. The molecule has 1 unspecified atom stereocenters. The molecule has 32 heavy (non-hydrogen) atoms. The Bertz CT molecular complexity index is 615. The van der Waals surface area contributed by atoms with Gasteiger partial charge in [-0.1, -0.05) is 77.3 Å². The number of carbonyl (C=O) groups is 2. The first kappa shape index (κ1) is 30.1. The lowest BCUT2D eigenvalue weighted by Crippen LogP contribution is -2.29. The van der Waals surface area contributed by atoms with Crippen molar-refractivity contribution in [3.05, 3.63) is 35.9 Å². The number of ether oxygens (including phenoxy) is 2. The standard InChI is InChI=1S/C16H25NO2.C11H22O2/c1-5-16(2,3)15(18)19-12-11-17(4)13-14-9-7-6-8-10-14;1-4-6-7-8-9-13-11(12)10(3)5-2/h6-10H,5,11-13H2,1-4H3;10H,4-9H2,1-3H3. The molecule has 0 fully saturated rings. The first-order valence-corrected chi connectivity index (χ1v) is 12.2. The van der Waals surface area contributed by atoms with Gasteiger partial charge in [0.1, 0.15) is 6.61 Å². The van der Waals surface area contributed by atoms with Crippen LogP contribution < -0.4 is 0 Å². The molecule has 0 saturated heterocycles. The normalized spacial score (nSPS) is 12.0. The Hall–Kier alpha value is -1.88. The van der Waals surface area contributed by atoms with E-state index in [0.717, 1.165) is 32.4 Å². The molecule has 184 valence electrons. The van der Waals surface area contributed by atoms with Crippen LogP contribution in [-0.2, 0) is 25.6 Å². The van der Waals surface area contributed by atoms with E-state index in [9.17, 15) is 9.59 Å². The van der Waals surface area contributed by atoms with Crippen LogP contribution >= 0.6 is 0 Å². The molecule has 1 aromatic rings. The van der Waals surface area contributed by atoms with Gasteiger partial charge in [-0.25, -0.2) is 0 Å². The predicted octanol–water partition coefficient (Wildman–Crippen LogP) is 6.25. The van der Waals surface area contributed by atoms with E-state index >= 15 is 0 Å². The number of benzene rings is 1. The van der Waals surface area contributed by atoms with Crippen LogP contribution in [0.2, 0.25) is 0 Å². The van der Waals surface area contributed by atoms with Crippen LogP contribution in [0.3, 0.4) is 0 Å². The van der Waals surface area contributed by atoms with Crippen LogP contribution in [0.5, 0.6) is 0 Å². The Morgan fingerprint density at radius 1 is 0.969 bits per heavy atom. The third-order valence-electron chi connectivity index (χ3n) is 5.69. The molecule has 5 nitrogen and oxygen atoms in total. The van der Waals surface area contributed by atoms with Crippen molar-refractivity contribution in [2.45, 2.75) is 86.6 Å². The highest BCUT2D eigenvalue weighted by atomic mass is 16.5. The van der Waals surface area contributed by atoms with Gasteiger partial charge < -0.3 is 9.47 Å². The number of hydrogen-bond donors (Lipinski definition) is 0. The maximum atomic E-state index is 11.8. The quantitative estimate of drug-likeness (QED) is 0.248. The summed E-state index contributed by atoms with van der Waals surface area (Å²) in [6, 6.07) is 10.3. The average molecular weight is 450 g/mol. The second-order valence-electron chi connectivity index (χ2n) is 9.13. The van der Waals surface area contributed by atoms with Gasteiger partial charge >= 0.3 is 11.9 Å². The van der Waals surface area contributed by atoms with Crippen LogP contribution in [0.25, 0.3) is 0 Å². The summed E-state index contributed by atoms with van der Waals surface area (Å²) < 4.78 is 10.4. The van der Waals surface area contributed by atoms with E-state index in [-0.39, 0.29) is 23.3 Å². The van der Waals surface area contributed by atoms with Gasteiger partial charge in [0, 0.05) is 13.1 Å². The van der Waals surface area contributed by atoms with Crippen molar-refractivity contribution in [2.75, 3.05) is 26.8 Å². The fraction of sp³-hybridized carbons (Fsp3) is 0.704. The molecule has 0 radical (unpaired) electrons. The van der Waals surface area contributed by atoms with E-state index < -0.39 is 0 Å². The summed E-state index contributed by atoms with van der Waals surface area (Å²) in [6.45, 7) is 14.6. The lowest BCUT2D eigenvalue weighted by molar-refractivity contribution is -0.154. The lowest BCUT2D eigenvalue weighted by Gasteiger charge is -2.22. The Labute approximate surface area is 196 Å². The summed E-state index contributed by atoms with van der Waals surface area (Å²) in [7, 11) is 2.03. The van der Waals surface area contributed by atoms with Crippen LogP contribution in [0, 0.1) is 11.3 Å². The van der Waals surface area contributed by atoms with E-state index in [4.69, 9.17) is 9.47 Å². The molecule has 0 aliphatic carbocycles. The zero-order valence-corrected chi connectivity index (χ0v) is 21.6. The minimum absolute atomic E-state index is 0.0426. The van der Waals surface area contributed by atoms with Crippen LogP contribution in [0.1, 0.15) is 85.6 Å². The van der Waals surface area contributed by atoms with E-state index in [0.29, 0.717) is 13.2 Å². The minimum Gasteiger partial charge on any atom is -0.465 e. The molecule has 1 atom stereocenters. The predicted molar refractivity (Wildman–Crippen MR) is 132 cm³/mol. The van der Waals surface area contributed by atoms with Gasteiger partial charge in [0.25, 0.3) is 0 Å². The molecular weight excluding hydrogens is 402 g/mol. The molecule has 1 aromatic carbocycles. The van der Waals surface area contributed by atoms with Crippen molar-refractivity contribution in [1.82, 2.24) is 4.90 Å². The fourth-order valence-electron chi connectivity index (χ4n) is 2.62. The second-order valence-corrected chi connectivity index (χ2v) is 9.13. The zero-order chi connectivity index (χ0) is 24.4. The Morgan fingerprint density at radius 3 is 2.19 bits per heavy atom. The van der Waals surface area contributed by atoms with E-state index in [1.54, 1.807) is 0 Å². The van der Waals surface area contributed by atoms with E-state index in [1.165, 1.54) is 24.8 Å². The van der Waals surface area contributed by atoms with Crippen LogP contribution in [0.15, 0.2) is 30.3 Å². The molecule has 1 rings (SSSR count). The third-order valence-corrected chi connectivity index (χ3v) is 5.69. The summed E-state index contributed by atoms with van der Waals surface area (Å²) in [5.74, 6) is -0.0896. The highest BCUT2D eigenvalue weighted by Gasteiger charge is 2.26. The van der Waals surface area contributed by atoms with Crippen molar-refractivity contribution in [3.63, 3.8) is 0 Å². The SMILES string of the molecule is CCC(C)(C)C(=O)OCCN(C)Cc1ccccc1.CCCCCCOC(=O)C(C)CC. The summed E-state index contributed by atoms with van der Waals surface area (Å²) >= 11 is 0. The van der Waals surface area contributed by atoms with Gasteiger partial charge in [-0.3, -0.25) is 14.5 Å². The van der Waals surface area contributed by atoms with Crippen LogP contribution in [0.4, 0.5) is 0 Å². The first-order valence-electron chi connectivity index (χ1n) is 12.2. The molecule has 0 saturated carbocycles. The highest BCUT2D eigenvalue weighted by molar-refractivity contribution is 5.75. The van der Waals surface area contributed by atoms with Gasteiger partial charge in [0.05, 0.1) is 17.9 Å². The highest BCUT2D eigenvalue weighted by Crippen LogP contribution is 2.21. The Kier molecular flexibility index (Phi) is 16.6. The van der Waals surface area contributed by atoms with E-state index in [1.807, 2.05) is 59.9 Å². The van der Waals surface area contributed by atoms with Gasteiger partial charge in [-0.2, -0.15) is 0 Å². The maximum Gasteiger partial charge on any atom is 0.311 e. The molecule has 0 aliphatic rings. The number of esters is 2. The molecule has 0 aliphatic heterocycles. The minimum atomic E-state index is -0.377. The number of unbranched alkanes of at least 4 members (excludes halogenated alkanes) is 3. The zero-order valence-electron chi connectivity index (χ0n) is 21.6. The van der Waals surface area contributed by atoms with Crippen molar-refractivity contribution in [2.24, 2.45) is 11.3 Å². The van der Waals surface area contributed by atoms with Crippen LogP contribution in [-0.4, -0.2) is 43.6 Å². The third kappa shape index (κ3) is 14.2. The lowest BCUT2D eigenvalue weighted by atomic mass is 9.91. The number of hydrogen-bond acceptors (Lipinski definition) is 5. The van der Waals surface area contributed by atoms with Crippen molar-refractivity contribution >= 4 is 11.9 Å². The molecular formula is C27H47NO4. The summed E-state index contributed by atoms with van der Waals surface area (Å²) in [6.07, 6.45) is 6.31. The van der Waals surface area contributed by atoms with Gasteiger partial charge in [0.2, 0.25) is 0 Å². The second kappa shape index (κ2) is 17.6. The molecule has 0 heterocycles. The summed E-state index contributed by atoms with van der Waals surface area (Å²) in [4.78, 5) is 25.1. The Morgan fingerprint density at radius 2 is 1.62 bits per heavy atom. The van der Waals surface area contributed by atoms with Crippen molar-refractivity contribution in [3.8, 4) is 0 Å². The molecule has 5 heteroatoms. The number of likely N-dealkylation sites (N-methyl/N-ethyl adjacent to an activating group) is 1. The molecule has 0 N–H and O–H groups in total. The van der Waals surface area contributed by atoms with E-state index in [2.05, 4.69) is 24.0 Å². The largest absolute Gasteiger partial charge is 0.465 e. The number of rotatable bonds is 14. The number of nitrogens with zero attached hydrogens (tertiary/aromatic N) is 1. The summed E-state index contributed by atoms with van der Waals surface area (Å²) in [5.41, 5.74) is 0.892. The van der Waals surface area contributed by atoms with Gasteiger partial charge in [-0.15, -0.1) is 0 Å². The smallest absolute Gasteiger partial charge is 0.311 e. The monoisotopic (exact) mass is 449 g/mol. The Balaban J connectivity index is 0.000000649. The fourth-order valence-corrected chi connectivity index (χ4v) is 2.62. The first-order chi connectivity index (χ1) is 15.2. The maximum absolute atomic E-state index is 11.8. The molecule has 0 amide bonds. The van der Waals surface area contributed by atoms with Gasteiger partial charge in [-0.05, 0) is 45.7 Å². The topological polar surface area (TPSA) is 55.8 Å².